The molecule has 2 rings (SSSR count). The molecule has 4 nitrogen and oxygen atoms in total. The molecule has 1 N–H and O–H groups in total. The van der Waals surface area contributed by atoms with E-state index in [1.165, 1.54) is 0 Å². The fourth-order valence-corrected chi connectivity index (χ4v) is 0.910. The third-order valence-corrected chi connectivity index (χ3v) is 1.38. The minimum absolute atomic E-state index is 0.130. The van der Waals surface area contributed by atoms with Crippen molar-refractivity contribution in [1.29, 1.82) is 0 Å². The van der Waals surface area contributed by atoms with Gasteiger partial charge in [0.2, 0.25) is 0 Å². The molecule has 50 valence electrons. The molecule has 0 aromatic rings. The Morgan fingerprint density at radius 2 is 2.50 bits per heavy atom. The Hall–Kier alpha value is -1.45. The lowest BCUT2D eigenvalue weighted by atomic mass is 10.2. The summed E-state index contributed by atoms with van der Waals surface area (Å²) in [5.74, 6) is -0.130. The van der Waals surface area contributed by atoms with E-state index < -0.39 is 0 Å². The normalized spacial score (nSPS) is 21.4. The highest BCUT2D eigenvalue weighted by Gasteiger charge is 2.21. The fourth-order valence-electron chi connectivity index (χ4n) is 0.910. The number of hydrogen-bond acceptors (Lipinski definition) is 3. The van der Waals surface area contributed by atoms with Crippen molar-refractivity contribution in [2.75, 3.05) is 6.67 Å². The minimum Gasteiger partial charge on any atom is -0.331 e. The highest BCUT2D eigenvalue weighted by Crippen LogP contribution is 2.01. The minimum atomic E-state index is -0.130. The van der Waals surface area contributed by atoms with E-state index in [2.05, 4.69) is 15.3 Å². The van der Waals surface area contributed by atoms with Crippen LogP contribution in [0.5, 0.6) is 0 Å². The van der Waals surface area contributed by atoms with Gasteiger partial charge in [-0.25, -0.2) is 4.99 Å². The second-order valence-corrected chi connectivity index (χ2v) is 2.00. The van der Waals surface area contributed by atoms with Crippen molar-refractivity contribution in [3.63, 3.8) is 0 Å². The molecule has 0 bridgehead atoms. The SMILES string of the molecule is O=C1NCN=C2C=CN=C12. The highest BCUT2D eigenvalue weighted by molar-refractivity contribution is 6.70. The molecule has 0 aliphatic carbocycles. The van der Waals surface area contributed by atoms with Crippen LogP contribution in [0.15, 0.2) is 22.3 Å². The van der Waals surface area contributed by atoms with Crippen LogP contribution in [0, 0.1) is 0 Å². The maximum absolute atomic E-state index is 10.9. The van der Waals surface area contributed by atoms with Gasteiger partial charge in [0, 0.05) is 6.20 Å². The molecule has 0 unspecified atom stereocenters. The summed E-state index contributed by atoms with van der Waals surface area (Å²) in [4.78, 5) is 18.8. The molecule has 4 heteroatoms. The van der Waals surface area contributed by atoms with E-state index in [0.29, 0.717) is 18.1 Å². The predicted molar refractivity (Wildman–Crippen MR) is 37.0 cm³/mol. The summed E-state index contributed by atoms with van der Waals surface area (Å²) in [7, 11) is 0. The number of rotatable bonds is 0. The van der Waals surface area contributed by atoms with E-state index in [4.69, 9.17) is 0 Å². The molecule has 1 amide bonds. The second-order valence-electron chi connectivity index (χ2n) is 2.00. The first-order valence-corrected chi connectivity index (χ1v) is 2.95. The van der Waals surface area contributed by atoms with E-state index >= 15 is 0 Å². The number of carbonyl (C=O) groups is 1. The van der Waals surface area contributed by atoms with Gasteiger partial charge >= 0.3 is 0 Å². The monoisotopic (exact) mass is 135 g/mol. The van der Waals surface area contributed by atoms with Gasteiger partial charge in [0.25, 0.3) is 5.91 Å². The number of fused-ring (bicyclic) bond motifs is 1. The fraction of sp³-hybridized carbons (Fsp3) is 0.167. The first-order valence-electron chi connectivity index (χ1n) is 2.95. The van der Waals surface area contributed by atoms with Gasteiger partial charge in [-0.15, -0.1) is 0 Å². The first kappa shape index (κ1) is 5.34. The average Bonchev–Trinajstić information content (AvgIpc) is 2.36. The highest BCUT2D eigenvalue weighted by atomic mass is 16.2. The van der Waals surface area contributed by atoms with Crippen LogP contribution < -0.4 is 5.32 Å². The summed E-state index contributed by atoms with van der Waals surface area (Å²) in [5, 5.41) is 2.56. The first-order chi connectivity index (χ1) is 4.88. The zero-order valence-electron chi connectivity index (χ0n) is 5.16. The van der Waals surface area contributed by atoms with E-state index in [0.717, 1.165) is 0 Å². The predicted octanol–water partition coefficient (Wildman–Crippen LogP) is -0.517. The smallest absolute Gasteiger partial charge is 0.273 e. The standard InChI is InChI=1S/C6H5N3O/c10-6-5-4(1-2-7-5)8-3-9-6/h1-2H,3H2,(H,9,10). The van der Waals surface area contributed by atoms with Crippen molar-refractivity contribution in [2.24, 2.45) is 9.98 Å². The van der Waals surface area contributed by atoms with Crippen LogP contribution in [0.4, 0.5) is 0 Å². The van der Waals surface area contributed by atoms with Gasteiger partial charge in [0.05, 0.1) is 5.71 Å². The van der Waals surface area contributed by atoms with Crippen molar-refractivity contribution < 1.29 is 4.79 Å². The molecule has 2 heterocycles. The van der Waals surface area contributed by atoms with Crippen LogP contribution in [0.3, 0.4) is 0 Å². The Balaban J connectivity index is 2.46. The molecule has 2 aliphatic heterocycles. The van der Waals surface area contributed by atoms with Crippen LogP contribution in [0.25, 0.3) is 0 Å². The lowest BCUT2D eigenvalue weighted by Gasteiger charge is -2.08. The quantitative estimate of drug-likeness (QED) is 0.477. The summed E-state index contributed by atoms with van der Waals surface area (Å²) in [6.07, 6.45) is 3.31. The zero-order chi connectivity index (χ0) is 6.97. The zero-order valence-corrected chi connectivity index (χ0v) is 5.16. The summed E-state index contributed by atoms with van der Waals surface area (Å²) < 4.78 is 0. The Bertz CT molecular complexity index is 275. The molecule has 0 saturated heterocycles. The Morgan fingerprint density at radius 3 is 3.30 bits per heavy atom. The summed E-state index contributed by atoms with van der Waals surface area (Å²) in [6, 6.07) is 0. The molecule has 0 radical (unpaired) electrons. The van der Waals surface area contributed by atoms with Crippen LogP contribution in [0.2, 0.25) is 0 Å². The van der Waals surface area contributed by atoms with Crippen LogP contribution in [0.1, 0.15) is 0 Å². The summed E-state index contributed by atoms with van der Waals surface area (Å²) in [6.45, 7) is 0.373. The molecule has 0 atom stereocenters. The Labute approximate surface area is 57.4 Å². The van der Waals surface area contributed by atoms with Gasteiger partial charge in [-0.3, -0.25) is 9.79 Å². The second kappa shape index (κ2) is 1.76. The van der Waals surface area contributed by atoms with Crippen molar-refractivity contribution in [1.82, 2.24) is 5.32 Å². The lowest BCUT2D eigenvalue weighted by molar-refractivity contribution is -0.114. The molecule has 0 aromatic carbocycles. The number of allylic oxidation sites excluding steroid dienone is 1. The van der Waals surface area contributed by atoms with Gasteiger partial charge in [-0.1, -0.05) is 0 Å². The number of aliphatic imine (C=N–C) groups is 2. The number of hydrogen-bond donors (Lipinski definition) is 1. The van der Waals surface area contributed by atoms with Crippen molar-refractivity contribution in [3.8, 4) is 0 Å². The van der Waals surface area contributed by atoms with E-state index in [1.807, 2.05) is 0 Å². The lowest BCUT2D eigenvalue weighted by Crippen LogP contribution is -2.38. The number of carbonyl (C=O) groups excluding carboxylic acids is 1. The van der Waals surface area contributed by atoms with Crippen LogP contribution in [-0.2, 0) is 4.79 Å². The largest absolute Gasteiger partial charge is 0.331 e. The van der Waals surface area contributed by atoms with Crippen LogP contribution in [-0.4, -0.2) is 24.0 Å². The average molecular weight is 135 g/mol. The number of nitrogens with one attached hydrogen (secondary N) is 1. The number of nitrogens with zero attached hydrogens (tertiary/aromatic N) is 2. The van der Waals surface area contributed by atoms with Crippen molar-refractivity contribution >= 4 is 17.3 Å². The maximum Gasteiger partial charge on any atom is 0.273 e. The summed E-state index contributed by atoms with van der Waals surface area (Å²) in [5.41, 5.74) is 1.13. The van der Waals surface area contributed by atoms with Crippen molar-refractivity contribution in [2.45, 2.75) is 0 Å². The van der Waals surface area contributed by atoms with Crippen LogP contribution >= 0.6 is 0 Å². The third kappa shape index (κ3) is 0.586. The number of amides is 1. The Morgan fingerprint density at radius 1 is 1.60 bits per heavy atom. The molecular formula is C6H5N3O. The topological polar surface area (TPSA) is 53.8 Å². The Kier molecular flexibility index (Phi) is 0.943. The molecule has 0 fully saturated rings. The molecule has 2 aliphatic rings. The van der Waals surface area contributed by atoms with Gasteiger partial charge < -0.3 is 5.32 Å². The van der Waals surface area contributed by atoms with Gasteiger partial charge in [0.15, 0.2) is 5.71 Å². The van der Waals surface area contributed by atoms with E-state index in [-0.39, 0.29) is 5.91 Å². The molecule has 10 heavy (non-hydrogen) atoms. The van der Waals surface area contributed by atoms with Gasteiger partial charge in [0.1, 0.15) is 6.67 Å². The third-order valence-electron chi connectivity index (χ3n) is 1.38. The molecule has 0 spiro atoms. The van der Waals surface area contributed by atoms with E-state index in [1.54, 1.807) is 12.3 Å². The van der Waals surface area contributed by atoms with Gasteiger partial charge in [-0.2, -0.15) is 0 Å². The molecule has 0 saturated carbocycles. The van der Waals surface area contributed by atoms with Crippen molar-refractivity contribution in [3.05, 3.63) is 12.3 Å². The van der Waals surface area contributed by atoms with E-state index in [9.17, 15) is 4.79 Å². The van der Waals surface area contributed by atoms with Gasteiger partial charge in [-0.05, 0) is 6.08 Å². The molecular weight excluding hydrogens is 130 g/mol. The molecule has 0 aromatic heterocycles. The summed E-state index contributed by atoms with van der Waals surface area (Å²) >= 11 is 0. The maximum atomic E-state index is 10.9.